The van der Waals surface area contributed by atoms with E-state index in [9.17, 15) is 4.79 Å². The van der Waals surface area contributed by atoms with Crippen molar-refractivity contribution in [1.82, 2.24) is 9.78 Å². The first-order chi connectivity index (χ1) is 9.58. The number of anilines is 1. The Bertz CT molecular complexity index is 570. The molecule has 1 aromatic heterocycles. The molecule has 20 heavy (non-hydrogen) atoms. The summed E-state index contributed by atoms with van der Waals surface area (Å²) in [5.74, 6) is 0.0115. The molecule has 0 fully saturated rings. The van der Waals surface area contributed by atoms with Gasteiger partial charge in [-0.1, -0.05) is 19.1 Å². The van der Waals surface area contributed by atoms with Gasteiger partial charge in [0.05, 0.1) is 9.26 Å². The number of hydrogen-bond donors (Lipinski definition) is 1. The van der Waals surface area contributed by atoms with Crippen LogP contribution in [0.15, 0.2) is 30.5 Å². The number of carbonyl (C=O) groups is 1. The van der Waals surface area contributed by atoms with Gasteiger partial charge in [0.25, 0.3) is 0 Å². The maximum atomic E-state index is 11.9. The molecule has 1 N–H and O–H groups in total. The zero-order valence-corrected chi connectivity index (χ0v) is 13.8. The summed E-state index contributed by atoms with van der Waals surface area (Å²) < 4.78 is 2.94. The van der Waals surface area contributed by atoms with Crippen LogP contribution in [0, 0.1) is 10.5 Å². The average Bonchev–Trinajstić information content (AvgIpc) is 2.76. The number of hydrogen-bond acceptors (Lipinski definition) is 2. The number of nitrogens with one attached hydrogen (secondary N) is 1. The van der Waals surface area contributed by atoms with E-state index in [1.807, 2.05) is 42.1 Å². The molecule has 106 valence electrons. The second-order valence-electron chi connectivity index (χ2n) is 4.67. The summed E-state index contributed by atoms with van der Waals surface area (Å²) in [4.78, 5) is 11.9. The first-order valence-electron chi connectivity index (χ1n) is 6.67. The molecule has 1 heterocycles. The lowest BCUT2D eigenvalue weighted by atomic mass is 10.1. The van der Waals surface area contributed by atoms with E-state index < -0.39 is 0 Å². The zero-order chi connectivity index (χ0) is 14.5. The minimum absolute atomic E-state index is 0.0115. The molecule has 0 unspecified atom stereocenters. The summed E-state index contributed by atoms with van der Waals surface area (Å²) in [6.45, 7) is 4.68. The van der Waals surface area contributed by atoms with Gasteiger partial charge >= 0.3 is 0 Å². The van der Waals surface area contributed by atoms with Crippen LogP contribution in [0.3, 0.4) is 0 Å². The first kappa shape index (κ1) is 15.0. The summed E-state index contributed by atoms with van der Waals surface area (Å²) in [5.41, 5.74) is 3.11. The van der Waals surface area contributed by atoms with E-state index in [0.717, 1.165) is 21.4 Å². The van der Waals surface area contributed by atoms with E-state index in [0.29, 0.717) is 13.0 Å². The van der Waals surface area contributed by atoms with Gasteiger partial charge in [0.2, 0.25) is 5.91 Å². The topological polar surface area (TPSA) is 46.9 Å². The number of halogens is 1. The van der Waals surface area contributed by atoms with Crippen LogP contribution >= 0.6 is 22.6 Å². The van der Waals surface area contributed by atoms with Crippen LogP contribution in [-0.4, -0.2) is 15.7 Å². The lowest BCUT2D eigenvalue weighted by Crippen LogP contribution is -2.14. The lowest BCUT2D eigenvalue weighted by Gasteiger charge is -2.06. The van der Waals surface area contributed by atoms with Gasteiger partial charge in [-0.25, -0.2) is 0 Å². The molecular weight excluding hydrogens is 365 g/mol. The van der Waals surface area contributed by atoms with Crippen molar-refractivity contribution in [3.8, 4) is 0 Å². The number of carbonyl (C=O) groups excluding carboxylic acids is 1. The van der Waals surface area contributed by atoms with Crippen molar-refractivity contribution in [3.05, 3.63) is 45.3 Å². The number of rotatable bonds is 5. The second-order valence-corrected chi connectivity index (χ2v) is 5.84. The van der Waals surface area contributed by atoms with Crippen LogP contribution in [0.2, 0.25) is 0 Å². The molecule has 0 aliphatic carbocycles. The standard InChI is InChI=1S/C15H18IN3O/c1-3-12-4-6-13(7-5-12)17-15(20)8-9-19-10-14(16)11(2)18-19/h4-7,10H,3,8-9H2,1-2H3,(H,17,20). The number of aryl methyl sites for hydroxylation is 3. The van der Waals surface area contributed by atoms with Gasteiger partial charge in [-0.05, 0) is 53.6 Å². The summed E-state index contributed by atoms with van der Waals surface area (Å²) in [6.07, 6.45) is 3.39. The van der Waals surface area contributed by atoms with E-state index in [4.69, 9.17) is 0 Å². The van der Waals surface area contributed by atoms with Crippen molar-refractivity contribution < 1.29 is 4.79 Å². The molecule has 2 rings (SSSR count). The Kier molecular flexibility index (Phi) is 5.17. The Morgan fingerprint density at radius 1 is 1.35 bits per heavy atom. The molecule has 0 aliphatic heterocycles. The molecule has 0 spiro atoms. The predicted octanol–water partition coefficient (Wildman–Crippen LogP) is 3.39. The molecular formula is C15H18IN3O. The van der Waals surface area contributed by atoms with Crippen molar-refractivity contribution >= 4 is 34.2 Å². The van der Waals surface area contributed by atoms with Crippen molar-refractivity contribution in [2.24, 2.45) is 0 Å². The van der Waals surface area contributed by atoms with Crippen molar-refractivity contribution in [2.45, 2.75) is 33.2 Å². The highest BCUT2D eigenvalue weighted by molar-refractivity contribution is 14.1. The molecule has 0 atom stereocenters. The molecule has 5 heteroatoms. The normalized spacial score (nSPS) is 10.6. The van der Waals surface area contributed by atoms with E-state index >= 15 is 0 Å². The molecule has 0 bridgehead atoms. The molecule has 1 aromatic carbocycles. The highest BCUT2D eigenvalue weighted by Gasteiger charge is 2.05. The Balaban J connectivity index is 1.85. The summed E-state index contributed by atoms with van der Waals surface area (Å²) in [5, 5.41) is 7.24. The van der Waals surface area contributed by atoms with Crippen LogP contribution in [-0.2, 0) is 17.8 Å². The van der Waals surface area contributed by atoms with Gasteiger partial charge in [0.1, 0.15) is 0 Å². The number of benzene rings is 1. The fourth-order valence-electron chi connectivity index (χ4n) is 1.87. The van der Waals surface area contributed by atoms with Crippen LogP contribution in [0.4, 0.5) is 5.69 Å². The highest BCUT2D eigenvalue weighted by atomic mass is 127. The fraction of sp³-hybridized carbons (Fsp3) is 0.333. The molecule has 0 aliphatic rings. The smallest absolute Gasteiger partial charge is 0.226 e. The summed E-state index contributed by atoms with van der Waals surface area (Å²) in [7, 11) is 0. The van der Waals surface area contributed by atoms with Crippen molar-refractivity contribution in [3.63, 3.8) is 0 Å². The average molecular weight is 383 g/mol. The molecule has 1 amide bonds. The molecule has 2 aromatic rings. The Labute approximate surface area is 132 Å². The van der Waals surface area contributed by atoms with Crippen LogP contribution in [0.5, 0.6) is 0 Å². The van der Waals surface area contributed by atoms with Crippen molar-refractivity contribution in [1.29, 1.82) is 0 Å². The Morgan fingerprint density at radius 2 is 2.05 bits per heavy atom. The van der Waals surface area contributed by atoms with Crippen molar-refractivity contribution in [2.75, 3.05) is 5.32 Å². The molecule has 0 radical (unpaired) electrons. The highest BCUT2D eigenvalue weighted by Crippen LogP contribution is 2.11. The third-order valence-corrected chi connectivity index (χ3v) is 4.16. The minimum atomic E-state index is 0.0115. The first-order valence-corrected chi connectivity index (χ1v) is 7.74. The Hall–Kier alpha value is -1.37. The van der Waals surface area contributed by atoms with Gasteiger partial charge in [-0.15, -0.1) is 0 Å². The second kappa shape index (κ2) is 6.88. The third kappa shape index (κ3) is 4.06. The largest absolute Gasteiger partial charge is 0.326 e. The lowest BCUT2D eigenvalue weighted by molar-refractivity contribution is -0.116. The number of aromatic nitrogens is 2. The van der Waals surface area contributed by atoms with E-state index in [1.54, 1.807) is 0 Å². The molecule has 4 nitrogen and oxygen atoms in total. The van der Waals surface area contributed by atoms with E-state index in [-0.39, 0.29) is 5.91 Å². The van der Waals surface area contributed by atoms with Crippen LogP contribution in [0.25, 0.3) is 0 Å². The molecule has 0 saturated carbocycles. The summed E-state index contributed by atoms with van der Waals surface area (Å²) in [6, 6.07) is 7.96. The van der Waals surface area contributed by atoms with Gasteiger partial charge in [-0.2, -0.15) is 5.10 Å². The van der Waals surface area contributed by atoms with Gasteiger partial charge < -0.3 is 5.32 Å². The molecule has 0 saturated heterocycles. The van der Waals surface area contributed by atoms with Gasteiger partial charge in [-0.3, -0.25) is 9.48 Å². The van der Waals surface area contributed by atoms with E-state index in [2.05, 4.69) is 39.9 Å². The van der Waals surface area contributed by atoms with Gasteiger partial charge in [0.15, 0.2) is 0 Å². The number of amides is 1. The maximum absolute atomic E-state index is 11.9. The number of nitrogens with zero attached hydrogens (tertiary/aromatic N) is 2. The van der Waals surface area contributed by atoms with Crippen LogP contribution < -0.4 is 5.32 Å². The Morgan fingerprint density at radius 3 is 2.60 bits per heavy atom. The maximum Gasteiger partial charge on any atom is 0.226 e. The fourth-order valence-corrected chi connectivity index (χ4v) is 2.30. The predicted molar refractivity (Wildman–Crippen MR) is 88.7 cm³/mol. The quantitative estimate of drug-likeness (QED) is 0.805. The summed E-state index contributed by atoms with van der Waals surface area (Å²) >= 11 is 2.24. The van der Waals surface area contributed by atoms with E-state index in [1.165, 1.54) is 5.56 Å². The third-order valence-electron chi connectivity index (χ3n) is 3.10. The monoisotopic (exact) mass is 383 g/mol. The minimum Gasteiger partial charge on any atom is -0.326 e. The van der Waals surface area contributed by atoms with Gasteiger partial charge in [0, 0.05) is 24.8 Å². The zero-order valence-electron chi connectivity index (χ0n) is 11.7. The van der Waals surface area contributed by atoms with Crippen LogP contribution in [0.1, 0.15) is 24.6 Å². The SMILES string of the molecule is CCc1ccc(NC(=O)CCn2cc(I)c(C)n2)cc1.